The molecule has 1 N–H and O–H groups in total. The molecule has 0 aliphatic carbocycles. The SMILES string of the molecule is COc1cccc(-c2nnc(SCC(=O)Nc3ccc(C)c(Cl)c3)o2)c1. The summed E-state index contributed by atoms with van der Waals surface area (Å²) in [4.78, 5) is 12.1. The van der Waals surface area contributed by atoms with E-state index in [1.165, 1.54) is 0 Å². The van der Waals surface area contributed by atoms with Crippen LogP contribution >= 0.6 is 23.4 Å². The van der Waals surface area contributed by atoms with Crippen molar-refractivity contribution in [1.82, 2.24) is 10.2 Å². The molecule has 0 radical (unpaired) electrons. The Labute approximate surface area is 159 Å². The van der Waals surface area contributed by atoms with Crippen molar-refractivity contribution in [3.63, 3.8) is 0 Å². The standard InChI is InChI=1S/C18H16ClN3O3S/c1-11-6-7-13(9-15(11)19)20-16(23)10-26-18-22-21-17(25-18)12-4-3-5-14(8-12)24-2/h3-9H,10H2,1-2H3,(H,20,23). The Kier molecular flexibility index (Phi) is 5.80. The smallest absolute Gasteiger partial charge is 0.277 e. The van der Waals surface area contributed by atoms with E-state index in [1.54, 1.807) is 25.3 Å². The molecule has 0 saturated carbocycles. The largest absolute Gasteiger partial charge is 0.497 e. The molecule has 0 saturated heterocycles. The van der Waals surface area contributed by atoms with Crippen LogP contribution < -0.4 is 10.1 Å². The van der Waals surface area contributed by atoms with Crippen LogP contribution in [0.5, 0.6) is 5.75 Å². The van der Waals surface area contributed by atoms with Gasteiger partial charge in [0.05, 0.1) is 12.9 Å². The fourth-order valence-corrected chi connectivity index (χ4v) is 2.88. The van der Waals surface area contributed by atoms with E-state index in [0.29, 0.717) is 27.6 Å². The van der Waals surface area contributed by atoms with Crippen LogP contribution in [0.25, 0.3) is 11.5 Å². The highest BCUT2D eigenvalue weighted by Crippen LogP contribution is 2.26. The number of carbonyl (C=O) groups is 1. The number of carbonyl (C=O) groups excluding carboxylic acids is 1. The predicted octanol–water partition coefficient (Wildman–Crippen LogP) is 4.44. The number of ether oxygens (including phenoxy) is 1. The first-order valence-electron chi connectivity index (χ1n) is 7.72. The molecule has 0 bridgehead atoms. The molecule has 1 amide bonds. The van der Waals surface area contributed by atoms with Crippen molar-refractivity contribution in [2.24, 2.45) is 0 Å². The van der Waals surface area contributed by atoms with Crippen LogP contribution in [0, 0.1) is 6.92 Å². The lowest BCUT2D eigenvalue weighted by molar-refractivity contribution is -0.113. The Morgan fingerprint density at radius 1 is 1.27 bits per heavy atom. The molecular weight excluding hydrogens is 374 g/mol. The van der Waals surface area contributed by atoms with E-state index in [4.69, 9.17) is 20.8 Å². The number of anilines is 1. The number of benzene rings is 2. The van der Waals surface area contributed by atoms with Gasteiger partial charge in [-0.05, 0) is 42.8 Å². The summed E-state index contributed by atoms with van der Waals surface area (Å²) in [5.41, 5.74) is 2.35. The van der Waals surface area contributed by atoms with Gasteiger partial charge >= 0.3 is 0 Å². The lowest BCUT2D eigenvalue weighted by atomic mass is 10.2. The van der Waals surface area contributed by atoms with E-state index in [-0.39, 0.29) is 11.7 Å². The molecule has 8 heteroatoms. The van der Waals surface area contributed by atoms with E-state index in [9.17, 15) is 4.79 Å². The molecule has 26 heavy (non-hydrogen) atoms. The third-order valence-corrected chi connectivity index (χ3v) is 4.73. The van der Waals surface area contributed by atoms with Crippen LogP contribution in [0.3, 0.4) is 0 Å². The molecule has 0 aliphatic heterocycles. The molecule has 0 atom stereocenters. The van der Waals surface area contributed by atoms with Crippen molar-refractivity contribution in [1.29, 1.82) is 0 Å². The maximum atomic E-state index is 12.1. The molecule has 0 unspecified atom stereocenters. The molecule has 3 rings (SSSR count). The highest BCUT2D eigenvalue weighted by Gasteiger charge is 2.12. The van der Waals surface area contributed by atoms with Gasteiger partial charge in [-0.1, -0.05) is 35.5 Å². The first-order chi connectivity index (χ1) is 12.5. The van der Waals surface area contributed by atoms with Crippen LogP contribution in [0.1, 0.15) is 5.56 Å². The quantitative estimate of drug-likeness (QED) is 0.628. The highest BCUT2D eigenvalue weighted by molar-refractivity contribution is 7.99. The summed E-state index contributed by atoms with van der Waals surface area (Å²) in [5, 5.41) is 11.7. The lowest BCUT2D eigenvalue weighted by Gasteiger charge is -2.05. The van der Waals surface area contributed by atoms with E-state index < -0.39 is 0 Å². The number of amides is 1. The first kappa shape index (κ1) is 18.3. The monoisotopic (exact) mass is 389 g/mol. The van der Waals surface area contributed by atoms with Crippen LogP contribution in [0.15, 0.2) is 52.1 Å². The second-order valence-corrected chi connectivity index (χ2v) is 6.74. The van der Waals surface area contributed by atoms with Crippen molar-refractivity contribution in [3.8, 4) is 17.2 Å². The Hall–Kier alpha value is -2.51. The van der Waals surface area contributed by atoms with Gasteiger partial charge in [0, 0.05) is 16.3 Å². The number of methoxy groups -OCH3 is 1. The minimum Gasteiger partial charge on any atom is -0.497 e. The molecule has 0 fully saturated rings. The third kappa shape index (κ3) is 4.56. The number of hydrogen-bond acceptors (Lipinski definition) is 6. The fourth-order valence-electron chi connectivity index (χ4n) is 2.14. The summed E-state index contributed by atoms with van der Waals surface area (Å²) in [5.74, 6) is 1.03. The molecule has 134 valence electrons. The van der Waals surface area contributed by atoms with Crippen molar-refractivity contribution in [3.05, 3.63) is 53.1 Å². The van der Waals surface area contributed by atoms with Gasteiger partial charge < -0.3 is 14.5 Å². The Morgan fingerprint density at radius 2 is 2.12 bits per heavy atom. The summed E-state index contributed by atoms with van der Waals surface area (Å²) in [6, 6.07) is 12.7. The van der Waals surface area contributed by atoms with Crippen LogP contribution in [0.2, 0.25) is 5.02 Å². The molecule has 2 aromatic carbocycles. The normalized spacial score (nSPS) is 10.6. The Morgan fingerprint density at radius 3 is 2.88 bits per heavy atom. The first-order valence-corrected chi connectivity index (χ1v) is 9.08. The predicted molar refractivity (Wildman–Crippen MR) is 102 cm³/mol. The zero-order chi connectivity index (χ0) is 18.5. The number of rotatable bonds is 6. The summed E-state index contributed by atoms with van der Waals surface area (Å²) >= 11 is 7.22. The number of halogens is 1. The minimum absolute atomic E-state index is 0.144. The van der Waals surface area contributed by atoms with Gasteiger partial charge in [-0.25, -0.2) is 0 Å². The summed E-state index contributed by atoms with van der Waals surface area (Å²) in [6.07, 6.45) is 0. The molecular formula is C18H16ClN3O3S. The average Bonchev–Trinajstić information content (AvgIpc) is 3.12. The Bertz CT molecular complexity index is 930. The summed E-state index contributed by atoms with van der Waals surface area (Å²) in [6.45, 7) is 1.90. The van der Waals surface area contributed by atoms with Crippen molar-refractivity contribution >= 4 is 35.0 Å². The van der Waals surface area contributed by atoms with E-state index >= 15 is 0 Å². The average molecular weight is 390 g/mol. The number of aromatic nitrogens is 2. The minimum atomic E-state index is -0.184. The molecule has 0 aliphatic rings. The number of nitrogens with zero attached hydrogens (tertiary/aromatic N) is 2. The van der Waals surface area contributed by atoms with Crippen LogP contribution in [-0.2, 0) is 4.79 Å². The van der Waals surface area contributed by atoms with Gasteiger partial charge in [0.25, 0.3) is 5.22 Å². The molecule has 6 nitrogen and oxygen atoms in total. The van der Waals surface area contributed by atoms with E-state index in [0.717, 1.165) is 22.9 Å². The number of hydrogen-bond donors (Lipinski definition) is 1. The van der Waals surface area contributed by atoms with Crippen LogP contribution in [-0.4, -0.2) is 29.0 Å². The topological polar surface area (TPSA) is 77.2 Å². The molecule has 1 heterocycles. The van der Waals surface area contributed by atoms with Gasteiger partial charge in [0.15, 0.2) is 0 Å². The van der Waals surface area contributed by atoms with Gasteiger partial charge in [-0.15, -0.1) is 10.2 Å². The maximum absolute atomic E-state index is 12.1. The number of aryl methyl sites for hydroxylation is 1. The number of thioether (sulfide) groups is 1. The lowest BCUT2D eigenvalue weighted by Crippen LogP contribution is -2.14. The maximum Gasteiger partial charge on any atom is 0.277 e. The van der Waals surface area contributed by atoms with E-state index in [1.807, 2.05) is 31.2 Å². The van der Waals surface area contributed by atoms with Gasteiger partial charge in [0.2, 0.25) is 11.8 Å². The molecule has 0 spiro atoms. The van der Waals surface area contributed by atoms with Crippen molar-refractivity contribution < 1.29 is 13.9 Å². The van der Waals surface area contributed by atoms with Crippen LogP contribution in [0.4, 0.5) is 5.69 Å². The second kappa shape index (κ2) is 8.25. The number of nitrogens with one attached hydrogen (secondary N) is 1. The summed E-state index contributed by atoms with van der Waals surface area (Å²) < 4.78 is 10.8. The zero-order valence-electron chi connectivity index (χ0n) is 14.2. The molecule has 3 aromatic rings. The van der Waals surface area contributed by atoms with Crippen molar-refractivity contribution in [2.75, 3.05) is 18.2 Å². The van der Waals surface area contributed by atoms with Gasteiger partial charge in [-0.3, -0.25) is 4.79 Å². The third-order valence-electron chi connectivity index (χ3n) is 3.51. The fraction of sp³-hybridized carbons (Fsp3) is 0.167. The van der Waals surface area contributed by atoms with E-state index in [2.05, 4.69) is 15.5 Å². The second-order valence-electron chi connectivity index (χ2n) is 5.41. The Balaban J connectivity index is 1.58. The highest BCUT2D eigenvalue weighted by atomic mass is 35.5. The zero-order valence-corrected chi connectivity index (χ0v) is 15.7. The van der Waals surface area contributed by atoms with Gasteiger partial charge in [0.1, 0.15) is 5.75 Å². The molecule has 1 aromatic heterocycles. The van der Waals surface area contributed by atoms with Gasteiger partial charge in [-0.2, -0.15) is 0 Å². The summed E-state index contributed by atoms with van der Waals surface area (Å²) in [7, 11) is 1.59. The van der Waals surface area contributed by atoms with Crippen molar-refractivity contribution in [2.45, 2.75) is 12.1 Å².